The zero-order valence-corrected chi connectivity index (χ0v) is 33.1. The number of quaternary nitrogens is 3. The van der Waals surface area contributed by atoms with Gasteiger partial charge in [0.05, 0.1) is 102 Å². The van der Waals surface area contributed by atoms with Crippen LogP contribution in [0.5, 0.6) is 0 Å². The van der Waals surface area contributed by atoms with Crippen molar-refractivity contribution in [3.8, 4) is 0 Å². The summed E-state index contributed by atoms with van der Waals surface area (Å²) in [6, 6.07) is -0.879. The van der Waals surface area contributed by atoms with Gasteiger partial charge in [0.25, 0.3) is 0 Å². The van der Waals surface area contributed by atoms with E-state index in [1.807, 2.05) is 21.1 Å². The molecule has 0 aliphatic rings. The van der Waals surface area contributed by atoms with E-state index in [-0.39, 0.29) is 85.6 Å². The highest BCUT2D eigenvalue weighted by Gasteiger charge is 2.47. The van der Waals surface area contributed by atoms with Crippen LogP contribution in [0.4, 0.5) is 0 Å². The van der Waals surface area contributed by atoms with Crippen LogP contribution >= 0.6 is 0 Å². The summed E-state index contributed by atoms with van der Waals surface area (Å²) in [5, 5.41) is 79.5. The Morgan fingerprint density at radius 3 is 1.02 bits per heavy atom. The number of rotatable bonds is 25. The minimum absolute atomic E-state index is 0.00440. The van der Waals surface area contributed by atoms with Gasteiger partial charge in [-0.15, -0.1) is 0 Å². The number of carbonyl (C=O) groups is 9. The predicted octanol–water partition coefficient (Wildman–Crippen LogP) is 0.839. The summed E-state index contributed by atoms with van der Waals surface area (Å²) in [6.45, 7) is 0. The lowest BCUT2D eigenvalue weighted by Crippen LogP contribution is -2.59. The number of nitrogens with zero attached hydrogens (tertiary/aromatic N) is 3. The van der Waals surface area contributed by atoms with Crippen LogP contribution in [0.1, 0.15) is 70.6 Å². The average Bonchev–Trinajstić information content (AvgIpc) is 2.91. The van der Waals surface area contributed by atoms with Crippen LogP contribution in [-0.4, -0.2) is 194 Å². The molecule has 0 aromatic carbocycles. The zero-order chi connectivity index (χ0) is 44.3. The Kier molecular flexibility index (Phi) is 23.6. The fourth-order valence-corrected chi connectivity index (χ4v) is 5.99. The van der Waals surface area contributed by atoms with Crippen LogP contribution < -0.4 is 0 Å². The number of hydrogen-bond acceptors (Lipinski definition) is 9. The highest BCUT2D eigenvalue weighted by atomic mass is 16.4. The predicted molar refractivity (Wildman–Crippen MR) is 191 cm³/mol. The third-order valence-corrected chi connectivity index (χ3v) is 9.02. The maximum Gasteiger partial charge on any atom is 0.309 e. The molecular formula is C34H62N3O18+3. The molecule has 0 saturated carbocycles. The first-order chi connectivity index (χ1) is 24.6. The number of aliphatic carboxylic acids is 9. The van der Waals surface area contributed by atoms with Gasteiger partial charge in [0.2, 0.25) is 0 Å². The molecule has 0 bridgehead atoms. The van der Waals surface area contributed by atoms with Crippen molar-refractivity contribution < 1.29 is 103 Å². The lowest BCUT2D eigenvalue weighted by atomic mass is 9.83. The van der Waals surface area contributed by atoms with Gasteiger partial charge in [-0.1, -0.05) is 0 Å². The standard InChI is InChI=1S/C12H21NO6.2C11H19NO6/c1-13(2,3)9(7-12(18)19)4-8(5-10(14)15)6-11(16)17;1-12(2,3)8(6-11(17)18)7(4-9(13)14)5-10(15)16;1-12(2,3)11(6-9(15)16,7-10(17)18)5-4-8(13)14/h8-9H,4-7H2,1-3H3,(H2-,14,15,16,17,18,19);7-8H,4-6H2,1-3H3,(H2-,13,14,15,16,17,18);4-7H2,1-3H3,(H2-,13,14,15,16,17,18)/p+3. The fraction of sp³-hybridized carbons (Fsp3) is 0.735. The van der Waals surface area contributed by atoms with Crippen molar-refractivity contribution in [1.82, 2.24) is 0 Å². The van der Waals surface area contributed by atoms with E-state index in [9.17, 15) is 43.2 Å². The van der Waals surface area contributed by atoms with Crippen LogP contribution in [0.2, 0.25) is 0 Å². The lowest BCUT2D eigenvalue weighted by Gasteiger charge is -2.44. The molecule has 9 N–H and O–H groups in total. The molecule has 0 aromatic rings. The quantitative estimate of drug-likeness (QED) is 0.0578. The second-order valence-electron chi connectivity index (χ2n) is 16.2. The summed E-state index contributed by atoms with van der Waals surface area (Å²) in [5.41, 5.74) is -1.13. The molecule has 0 aromatic heterocycles. The smallest absolute Gasteiger partial charge is 0.309 e. The van der Waals surface area contributed by atoms with Gasteiger partial charge in [-0.05, 0) is 5.92 Å². The largest absolute Gasteiger partial charge is 0.481 e. The Morgan fingerprint density at radius 1 is 0.436 bits per heavy atom. The van der Waals surface area contributed by atoms with Gasteiger partial charge in [-0.25, -0.2) is 0 Å². The highest BCUT2D eigenvalue weighted by molar-refractivity contribution is 5.74. The molecule has 0 fully saturated rings. The van der Waals surface area contributed by atoms with E-state index in [1.54, 1.807) is 42.3 Å². The van der Waals surface area contributed by atoms with E-state index in [2.05, 4.69) is 0 Å². The van der Waals surface area contributed by atoms with Gasteiger partial charge in [0.1, 0.15) is 24.4 Å². The number of carboxylic acids is 9. The monoisotopic (exact) mass is 800 g/mol. The van der Waals surface area contributed by atoms with Gasteiger partial charge in [-0.3, -0.25) is 43.2 Å². The van der Waals surface area contributed by atoms with E-state index in [4.69, 9.17) is 46.0 Å². The highest BCUT2D eigenvalue weighted by Crippen LogP contribution is 2.32. The van der Waals surface area contributed by atoms with Crippen LogP contribution in [0.15, 0.2) is 0 Å². The molecule has 0 rings (SSSR count). The lowest BCUT2D eigenvalue weighted by molar-refractivity contribution is -0.923. The molecule has 2 unspecified atom stereocenters. The second-order valence-corrected chi connectivity index (χ2v) is 16.2. The minimum atomic E-state index is -1.13. The van der Waals surface area contributed by atoms with E-state index in [0.717, 1.165) is 0 Å². The Hall–Kier alpha value is -4.89. The minimum Gasteiger partial charge on any atom is -0.481 e. The van der Waals surface area contributed by atoms with Crippen molar-refractivity contribution in [1.29, 1.82) is 0 Å². The summed E-state index contributed by atoms with van der Waals surface area (Å²) in [4.78, 5) is 97.2. The van der Waals surface area contributed by atoms with Crippen molar-refractivity contribution >= 4 is 53.7 Å². The molecule has 21 heteroatoms. The second kappa shape index (κ2) is 23.8. The van der Waals surface area contributed by atoms with E-state index < -0.39 is 77.1 Å². The summed E-state index contributed by atoms with van der Waals surface area (Å²) in [7, 11) is 15.6. The average molecular weight is 801 g/mol. The molecule has 318 valence electrons. The van der Waals surface area contributed by atoms with E-state index >= 15 is 0 Å². The maximum absolute atomic E-state index is 10.9. The van der Waals surface area contributed by atoms with Gasteiger partial charge >= 0.3 is 53.7 Å². The first-order valence-electron chi connectivity index (χ1n) is 17.0. The van der Waals surface area contributed by atoms with Gasteiger partial charge < -0.3 is 59.4 Å². The Morgan fingerprint density at radius 2 is 0.782 bits per heavy atom. The Balaban J connectivity index is -0.000000738. The van der Waals surface area contributed by atoms with Crippen molar-refractivity contribution in [2.45, 2.75) is 88.3 Å². The van der Waals surface area contributed by atoms with Crippen molar-refractivity contribution in [2.75, 3.05) is 63.4 Å². The summed E-state index contributed by atoms with van der Waals surface area (Å²) >= 11 is 0. The molecule has 0 saturated heterocycles. The van der Waals surface area contributed by atoms with Crippen molar-refractivity contribution in [3.05, 3.63) is 0 Å². The summed E-state index contributed by atoms with van der Waals surface area (Å²) < 4.78 is 0.637. The molecule has 55 heavy (non-hydrogen) atoms. The van der Waals surface area contributed by atoms with Gasteiger partial charge in [-0.2, -0.15) is 0 Å². The summed E-state index contributed by atoms with van der Waals surface area (Å²) in [6.07, 6.45) is -2.33. The molecular weight excluding hydrogens is 738 g/mol. The van der Waals surface area contributed by atoms with Crippen LogP contribution in [0.3, 0.4) is 0 Å². The Labute approximate surface area is 319 Å². The molecule has 0 aliphatic carbocycles. The molecule has 21 nitrogen and oxygen atoms in total. The maximum atomic E-state index is 10.9. The first-order valence-corrected chi connectivity index (χ1v) is 17.0. The van der Waals surface area contributed by atoms with Crippen molar-refractivity contribution in [3.63, 3.8) is 0 Å². The van der Waals surface area contributed by atoms with Gasteiger partial charge in [0.15, 0.2) is 0 Å². The number of carboxylic acid groups (broad SMARTS) is 9. The molecule has 2 atom stereocenters. The molecule has 0 spiro atoms. The Bertz CT molecular complexity index is 1300. The first kappa shape index (κ1) is 54.5. The topological polar surface area (TPSA) is 336 Å². The van der Waals surface area contributed by atoms with Crippen LogP contribution in [0, 0.1) is 11.8 Å². The van der Waals surface area contributed by atoms with Crippen LogP contribution in [0.25, 0.3) is 0 Å². The van der Waals surface area contributed by atoms with Crippen molar-refractivity contribution in [2.24, 2.45) is 11.8 Å². The van der Waals surface area contributed by atoms with E-state index in [0.29, 0.717) is 4.48 Å². The normalized spacial score (nSPS) is 12.9. The van der Waals surface area contributed by atoms with Gasteiger partial charge in [0, 0.05) is 31.6 Å². The SMILES string of the molecule is C[N+](C)(C)C(CC(=O)O)C(CC(=O)O)CC(=O)O.C[N+](C)(C)C(CC(=O)O)CC(CC(=O)O)CC(=O)O.C[N+](C)(C)C(CCC(=O)O)(CC(=O)O)CC(=O)O. The molecule has 0 radical (unpaired) electrons. The third-order valence-electron chi connectivity index (χ3n) is 9.02. The van der Waals surface area contributed by atoms with Crippen LogP contribution in [-0.2, 0) is 43.2 Å². The fourth-order valence-electron chi connectivity index (χ4n) is 5.99. The summed E-state index contributed by atoms with van der Waals surface area (Å²) in [5.74, 6) is -11.0. The molecule has 0 amide bonds. The molecule has 0 heterocycles. The third kappa shape index (κ3) is 26.5. The number of hydrogen-bond donors (Lipinski definition) is 9. The zero-order valence-electron chi connectivity index (χ0n) is 33.1. The molecule has 0 aliphatic heterocycles. The van der Waals surface area contributed by atoms with E-state index in [1.165, 1.54) is 0 Å².